The van der Waals surface area contributed by atoms with Crippen molar-refractivity contribution in [2.24, 2.45) is 0 Å². The third kappa shape index (κ3) is 2.30. The Morgan fingerprint density at radius 1 is 0.667 bits per heavy atom. The molecule has 1 rings (SSSR count). The molecule has 24 heavy (non-hydrogen) atoms. The van der Waals surface area contributed by atoms with Gasteiger partial charge in [0.05, 0.1) is 0 Å². The highest BCUT2D eigenvalue weighted by Gasteiger charge is 2.89. The number of hydrogen-bond donors (Lipinski definition) is 0. The van der Waals surface area contributed by atoms with Crippen LogP contribution in [0.1, 0.15) is 0 Å². The quantitative estimate of drug-likeness (QED) is 0.586. The molecule has 0 aliphatic carbocycles. The van der Waals surface area contributed by atoms with Crippen LogP contribution in [0.25, 0.3) is 0 Å². The molecule has 0 radical (unpaired) electrons. The van der Waals surface area contributed by atoms with E-state index in [4.69, 9.17) is 0 Å². The Kier molecular flexibility index (Phi) is 4.36. The molecular weight excluding hydrogens is 390 g/mol. The van der Waals surface area contributed by atoms with Gasteiger partial charge in [0.1, 0.15) is 0 Å². The SMILES string of the molecule is FC1=C(F)C(F)=C(F)C(F)(C(F)(F)C(F)(F)C(F)(F)C(F)(F)F)O1. The number of ether oxygens (including phenoxy) is 1. The van der Waals surface area contributed by atoms with Gasteiger partial charge in [0.25, 0.3) is 0 Å². The molecular formula is C9F14O. The third-order valence-corrected chi connectivity index (χ3v) is 2.62. The summed E-state index contributed by atoms with van der Waals surface area (Å²) in [4.78, 5) is 0. The molecule has 15 heteroatoms. The minimum absolute atomic E-state index is 2.40. The van der Waals surface area contributed by atoms with Gasteiger partial charge in [0.15, 0.2) is 0 Å². The molecule has 0 aromatic carbocycles. The molecule has 0 saturated carbocycles. The van der Waals surface area contributed by atoms with Crippen LogP contribution in [0.4, 0.5) is 61.5 Å². The Balaban J connectivity index is 3.60. The molecule has 1 atom stereocenters. The number of rotatable bonds is 3. The molecule has 0 amide bonds. The molecule has 140 valence electrons. The van der Waals surface area contributed by atoms with E-state index in [1.165, 1.54) is 0 Å². The Bertz CT molecular complexity index is 598. The van der Waals surface area contributed by atoms with Crippen molar-refractivity contribution in [2.75, 3.05) is 0 Å². The van der Waals surface area contributed by atoms with Crippen LogP contribution >= 0.6 is 0 Å². The molecule has 0 saturated heterocycles. The van der Waals surface area contributed by atoms with Gasteiger partial charge in [-0.3, -0.25) is 0 Å². The molecule has 1 aliphatic heterocycles. The molecule has 0 N–H and O–H groups in total. The second-order valence-corrected chi connectivity index (χ2v) is 4.13. The summed E-state index contributed by atoms with van der Waals surface area (Å²) < 4.78 is 180. The van der Waals surface area contributed by atoms with Crippen LogP contribution < -0.4 is 0 Å². The van der Waals surface area contributed by atoms with Crippen molar-refractivity contribution in [3.8, 4) is 0 Å². The summed E-state index contributed by atoms with van der Waals surface area (Å²) in [5, 5.41) is 0. The van der Waals surface area contributed by atoms with Crippen molar-refractivity contribution in [1.29, 1.82) is 0 Å². The minimum atomic E-state index is -7.81. The number of alkyl halides is 10. The van der Waals surface area contributed by atoms with E-state index in [9.17, 15) is 61.5 Å². The number of hydrogen-bond acceptors (Lipinski definition) is 1. The van der Waals surface area contributed by atoms with Crippen molar-refractivity contribution in [3.05, 3.63) is 23.5 Å². The fraction of sp³-hybridized carbons (Fsp3) is 0.556. The van der Waals surface area contributed by atoms with Crippen LogP contribution in [0.3, 0.4) is 0 Å². The normalized spacial score (nSPS) is 24.4. The van der Waals surface area contributed by atoms with Crippen LogP contribution in [-0.4, -0.2) is 29.8 Å². The van der Waals surface area contributed by atoms with Gasteiger partial charge in [0.2, 0.25) is 17.5 Å². The van der Waals surface area contributed by atoms with E-state index in [-0.39, 0.29) is 0 Å². The molecule has 1 unspecified atom stereocenters. The average Bonchev–Trinajstić information content (AvgIpc) is 2.41. The Labute approximate surface area is 121 Å². The molecule has 0 fully saturated rings. The van der Waals surface area contributed by atoms with Crippen molar-refractivity contribution in [3.63, 3.8) is 0 Å². The average molecular weight is 390 g/mol. The monoisotopic (exact) mass is 390 g/mol. The predicted molar refractivity (Wildman–Crippen MR) is 44.3 cm³/mol. The second kappa shape index (κ2) is 5.15. The summed E-state index contributed by atoms with van der Waals surface area (Å²) in [7, 11) is 0. The lowest BCUT2D eigenvalue weighted by Crippen LogP contribution is -2.68. The third-order valence-electron chi connectivity index (χ3n) is 2.62. The van der Waals surface area contributed by atoms with E-state index in [1.807, 2.05) is 0 Å². The zero-order valence-electron chi connectivity index (χ0n) is 10.2. The first kappa shape index (κ1) is 20.3. The summed E-state index contributed by atoms with van der Waals surface area (Å²) >= 11 is 0. The van der Waals surface area contributed by atoms with E-state index in [0.717, 1.165) is 0 Å². The maximum atomic E-state index is 13.6. The van der Waals surface area contributed by atoms with Crippen LogP contribution in [-0.2, 0) is 4.74 Å². The standard InChI is InChI=1S/C9F14O/c10-1-2(11)4(13)24-5(14,3(1)12)6(15,16)7(17,18)8(19,20)9(21,22)23. The van der Waals surface area contributed by atoms with Gasteiger partial charge in [-0.1, -0.05) is 0 Å². The lowest BCUT2D eigenvalue weighted by molar-refractivity contribution is -0.429. The Morgan fingerprint density at radius 2 is 1.08 bits per heavy atom. The summed E-state index contributed by atoms with van der Waals surface area (Å²) in [6.45, 7) is 0. The highest BCUT2D eigenvalue weighted by Crippen LogP contribution is 2.60. The lowest BCUT2D eigenvalue weighted by atomic mass is 9.95. The fourth-order valence-electron chi connectivity index (χ4n) is 1.32. The lowest BCUT2D eigenvalue weighted by Gasteiger charge is -2.40. The van der Waals surface area contributed by atoms with E-state index in [2.05, 4.69) is 4.74 Å². The van der Waals surface area contributed by atoms with Crippen molar-refractivity contribution >= 4 is 0 Å². The van der Waals surface area contributed by atoms with Crippen molar-refractivity contribution in [1.82, 2.24) is 0 Å². The van der Waals surface area contributed by atoms with Crippen molar-refractivity contribution < 1.29 is 66.2 Å². The zero-order chi connectivity index (χ0) is 19.5. The highest BCUT2D eigenvalue weighted by atomic mass is 19.4. The van der Waals surface area contributed by atoms with Crippen LogP contribution in [0.5, 0.6) is 0 Å². The molecule has 0 spiro atoms. The predicted octanol–water partition coefficient (Wildman–Crippen LogP) is 5.41. The topological polar surface area (TPSA) is 9.23 Å². The van der Waals surface area contributed by atoms with Crippen molar-refractivity contribution in [2.45, 2.75) is 29.8 Å². The molecule has 1 heterocycles. The summed E-state index contributed by atoms with van der Waals surface area (Å²) in [6.07, 6.45) is -7.41. The first-order chi connectivity index (χ1) is 10.4. The zero-order valence-corrected chi connectivity index (χ0v) is 10.2. The summed E-state index contributed by atoms with van der Waals surface area (Å²) in [5.41, 5.74) is 0. The smallest absolute Gasteiger partial charge is 0.419 e. The van der Waals surface area contributed by atoms with E-state index in [1.54, 1.807) is 0 Å². The van der Waals surface area contributed by atoms with E-state index in [0.29, 0.717) is 0 Å². The van der Waals surface area contributed by atoms with E-state index >= 15 is 0 Å². The fourth-order valence-corrected chi connectivity index (χ4v) is 1.32. The van der Waals surface area contributed by atoms with Gasteiger partial charge < -0.3 is 4.74 Å². The number of allylic oxidation sites excluding steroid dienone is 2. The van der Waals surface area contributed by atoms with Crippen LogP contribution in [0, 0.1) is 0 Å². The summed E-state index contributed by atoms with van der Waals surface area (Å²) in [5.74, 6) is -40.3. The van der Waals surface area contributed by atoms with Gasteiger partial charge in [0, 0.05) is 0 Å². The first-order valence-electron chi connectivity index (χ1n) is 5.05. The molecule has 0 aromatic rings. The molecule has 0 bridgehead atoms. The number of halogens is 14. The van der Waals surface area contributed by atoms with Gasteiger partial charge in [-0.15, -0.1) is 0 Å². The van der Waals surface area contributed by atoms with E-state index < -0.39 is 53.3 Å². The molecule has 1 aliphatic rings. The molecule has 0 aromatic heterocycles. The van der Waals surface area contributed by atoms with Gasteiger partial charge in [-0.25, -0.2) is 8.78 Å². The van der Waals surface area contributed by atoms with Gasteiger partial charge in [-0.2, -0.15) is 52.7 Å². The minimum Gasteiger partial charge on any atom is -0.419 e. The maximum Gasteiger partial charge on any atom is 0.460 e. The van der Waals surface area contributed by atoms with Crippen LogP contribution in [0.15, 0.2) is 23.5 Å². The highest BCUT2D eigenvalue weighted by molar-refractivity contribution is 5.33. The van der Waals surface area contributed by atoms with Gasteiger partial charge >= 0.3 is 35.8 Å². The Morgan fingerprint density at radius 3 is 1.46 bits per heavy atom. The van der Waals surface area contributed by atoms with Crippen LogP contribution in [0.2, 0.25) is 0 Å². The molecule has 1 nitrogen and oxygen atoms in total. The maximum absolute atomic E-state index is 13.6. The summed E-state index contributed by atoms with van der Waals surface area (Å²) in [6, 6.07) is -3.43. The second-order valence-electron chi connectivity index (χ2n) is 4.13. The van der Waals surface area contributed by atoms with Gasteiger partial charge in [-0.05, 0) is 0 Å². The first-order valence-corrected chi connectivity index (χ1v) is 5.05. The Hall–Kier alpha value is -1.70. The largest absolute Gasteiger partial charge is 0.460 e.